The van der Waals surface area contributed by atoms with Gasteiger partial charge in [-0.25, -0.2) is 4.68 Å². The molecule has 5 rings (SSSR count). The lowest BCUT2D eigenvalue weighted by Crippen LogP contribution is -2.56. The predicted octanol–water partition coefficient (Wildman–Crippen LogP) is 1.91. The maximum Gasteiger partial charge on any atom is 0.266 e. The molecule has 4 heterocycles. The van der Waals surface area contributed by atoms with E-state index in [-0.39, 0.29) is 17.4 Å². The minimum atomic E-state index is -0.420. The number of carbonyl (C=O) groups is 1. The van der Waals surface area contributed by atoms with E-state index >= 15 is 0 Å². The Kier molecular flexibility index (Phi) is 4.88. The van der Waals surface area contributed by atoms with Crippen LogP contribution in [-0.2, 0) is 29.1 Å². The predicted molar refractivity (Wildman–Crippen MR) is 111 cm³/mol. The summed E-state index contributed by atoms with van der Waals surface area (Å²) >= 11 is 0. The summed E-state index contributed by atoms with van der Waals surface area (Å²) < 4.78 is 7.29. The van der Waals surface area contributed by atoms with Gasteiger partial charge >= 0.3 is 0 Å². The molecule has 0 spiro atoms. The van der Waals surface area contributed by atoms with Crippen molar-refractivity contribution in [1.29, 1.82) is 0 Å². The van der Waals surface area contributed by atoms with Crippen molar-refractivity contribution in [1.82, 2.24) is 19.7 Å². The summed E-state index contributed by atoms with van der Waals surface area (Å²) in [6.45, 7) is 2.21. The molecule has 1 amide bonds. The molecule has 1 saturated heterocycles. The van der Waals surface area contributed by atoms with E-state index in [2.05, 4.69) is 16.1 Å². The number of aromatic nitrogens is 3. The summed E-state index contributed by atoms with van der Waals surface area (Å²) in [4.78, 5) is 30.9. The maximum absolute atomic E-state index is 12.8. The van der Waals surface area contributed by atoms with Crippen molar-refractivity contribution < 1.29 is 9.53 Å². The van der Waals surface area contributed by atoms with Crippen LogP contribution in [0.2, 0.25) is 0 Å². The van der Waals surface area contributed by atoms with Crippen molar-refractivity contribution in [3.8, 4) is 11.3 Å². The minimum absolute atomic E-state index is 0.0339. The first-order chi connectivity index (χ1) is 14.7. The molecule has 0 aliphatic carbocycles. The first kappa shape index (κ1) is 18.7. The number of likely N-dealkylation sites (tertiary alicyclic amines) is 1. The van der Waals surface area contributed by atoms with E-state index in [0.717, 1.165) is 16.8 Å². The average Bonchev–Trinajstić information content (AvgIpc) is 2.77. The van der Waals surface area contributed by atoms with Crippen molar-refractivity contribution in [3.05, 3.63) is 82.4 Å². The third-order valence-electron chi connectivity index (χ3n) is 5.78. The molecule has 30 heavy (non-hydrogen) atoms. The van der Waals surface area contributed by atoms with Crippen molar-refractivity contribution in [2.45, 2.75) is 25.7 Å². The molecular weight excluding hydrogens is 380 g/mol. The molecule has 1 aromatic carbocycles. The number of rotatable bonds is 4. The molecular formula is C23H22N4O3. The number of hydrogen-bond acceptors (Lipinski definition) is 5. The maximum atomic E-state index is 12.8. The smallest absolute Gasteiger partial charge is 0.266 e. The van der Waals surface area contributed by atoms with Gasteiger partial charge in [-0.1, -0.05) is 24.3 Å². The number of hydrogen-bond donors (Lipinski definition) is 0. The van der Waals surface area contributed by atoms with E-state index in [1.54, 1.807) is 18.5 Å². The Morgan fingerprint density at radius 2 is 1.80 bits per heavy atom. The normalized spacial score (nSPS) is 18.5. The Morgan fingerprint density at radius 3 is 2.60 bits per heavy atom. The highest BCUT2D eigenvalue weighted by atomic mass is 16.5. The number of pyridine rings is 1. The third-order valence-corrected chi connectivity index (χ3v) is 5.78. The highest BCUT2D eigenvalue weighted by Crippen LogP contribution is 2.25. The van der Waals surface area contributed by atoms with Gasteiger partial charge in [0.15, 0.2) is 0 Å². The van der Waals surface area contributed by atoms with Crippen molar-refractivity contribution in [2.75, 3.05) is 13.1 Å². The summed E-state index contributed by atoms with van der Waals surface area (Å²) in [6, 6.07) is 15.1. The number of carbonyl (C=O) groups excluding carboxylic acids is 1. The minimum Gasteiger partial charge on any atom is -0.363 e. The molecule has 0 N–H and O–H groups in total. The molecule has 0 bridgehead atoms. The van der Waals surface area contributed by atoms with Gasteiger partial charge in [-0.15, -0.1) is 0 Å². The van der Waals surface area contributed by atoms with Gasteiger partial charge in [-0.2, -0.15) is 5.10 Å². The van der Waals surface area contributed by atoms with Gasteiger partial charge in [0.05, 0.1) is 18.8 Å². The van der Waals surface area contributed by atoms with Gasteiger partial charge < -0.3 is 9.64 Å². The number of nitrogens with zero attached hydrogens (tertiary/aromatic N) is 4. The zero-order valence-corrected chi connectivity index (χ0v) is 16.5. The van der Waals surface area contributed by atoms with Crippen LogP contribution in [0.5, 0.6) is 0 Å². The van der Waals surface area contributed by atoms with Gasteiger partial charge in [0, 0.05) is 49.5 Å². The number of amides is 1. The standard InChI is InChI=1S/C23H22N4O3/c28-22-6-5-20(17-7-9-24-10-8-17)25-27(22)14-16-12-26(13-16)23(29)21-11-18-3-1-2-4-19(18)15-30-21/h1-10,16,21H,11-15H2. The van der Waals surface area contributed by atoms with Crippen LogP contribution in [-0.4, -0.2) is 44.8 Å². The van der Waals surface area contributed by atoms with E-state index in [0.29, 0.717) is 32.7 Å². The Morgan fingerprint density at radius 1 is 1.03 bits per heavy atom. The van der Waals surface area contributed by atoms with E-state index < -0.39 is 6.10 Å². The molecule has 1 fully saturated rings. The van der Waals surface area contributed by atoms with Crippen LogP contribution in [0.25, 0.3) is 11.3 Å². The molecule has 7 nitrogen and oxygen atoms in total. The fraction of sp³-hybridized carbons (Fsp3) is 0.304. The number of fused-ring (bicyclic) bond motifs is 1. The van der Waals surface area contributed by atoms with Gasteiger partial charge in [0.2, 0.25) is 0 Å². The van der Waals surface area contributed by atoms with Gasteiger partial charge in [-0.05, 0) is 29.3 Å². The van der Waals surface area contributed by atoms with E-state index in [1.165, 1.54) is 16.3 Å². The Labute approximate surface area is 173 Å². The quantitative estimate of drug-likeness (QED) is 0.666. The van der Waals surface area contributed by atoms with Crippen LogP contribution in [0.4, 0.5) is 0 Å². The Hall–Kier alpha value is -3.32. The molecule has 2 aromatic heterocycles. The lowest BCUT2D eigenvalue weighted by molar-refractivity contribution is -0.152. The summed E-state index contributed by atoms with van der Waals surface area (Å²) in [5.74, 6) is 0.245. The fourth-order valence-electron chi connectivity index (χ4n) is 4.07. The summed E-state index contributed by atoms with van der Waals surface area (Å²) in [7, 11) is 0. The van der Waals surface area contributed by atoms with Crippen molar-refractivity contribution in [2.24, 2.45) is 5.92 Å². The van der Waals surface area contributed by atoms with Crippen molar-refractivity contribution >= 4 is 5.91 Å². The van der Waals surface area contributed by atoms with Gasteiger partial charge in [-0.3, -0.25) is 14.6 Å². The second-order valence-electron chi connectivity index (χ2n) is 7.86. The summed E-state index contributed by atoms with van der Waals surface area (Å²) in [5.41, 5.74) is 3.85. The third kappa shape index (κ3) is 3.64. The molecule has 0 radical (unpaired) electrons. The SMILES string of the molecule is O=C(C1Cc2ccccc2CO1)N1CC(Cn2nc(-c3ccncc3)ccc2=O)C1. The van der Waals surface area contributed by atoms with Gasteiger partial charge in [0.25, 0.3) is 11.5 Å². The second-order valence-corrected chi connectivity index (χ2v) is 7.86. The largest absolute Gasteiger partial charge is 0.363 e. The summed E-state index contributed by atoms with van der Waals surface area (Å²) in [6.07, 6.45) is 3.60. The molecule has 7 heteroatoms. The first-order valence-electron chi connectivity index (χ1n) is 10.1. The van der Waals surface area contributed by atoms with E-state index in [1.807, 2.05) is 35.2 Å². The lowest BCUT2D eigenvalue weighted by Gasteiger charge is -2.41. The van der Waals surface area contributed by atoms with Crippen molar-refractivity contribution in [3.63, 3.8) is 0 Å². The molecule has 152 valence electrons. The average molecular weight is 402 g/mol. The van der Waals surface area contributed by atoms with E-state index in [4.69, 9.17) is 4.74 Å². The van der Waals surface area contributed by atoms with Crippen LogP contribution in [0.1, 0.15) is 11.1 Å². The van der Waals surface area contributed by atoms with Crippen LogP contribution >= 0.6 is 0 Å². The highest BCUT2D eigenvalue weighted by Gasteiger charge is 2.36. The zero-order chi connectivity index (χ0) is 20.5. The Balaban J connectivity index is 1.21. The number of benzene rings is 1. The molecule has 2 aliphatic heterocycles. The van der Waals surface area contributed by atoms with Crippen LogP contribution in [0.3, 0.4) is 0 Å². The topological polar surface area (TPSA) is 77.3 Å². The molecule has 3 aromatic rings. The molecule has 1 unspecified atom stereocenters. The second kappa shape index (κ2) is 7.84. The molecule has 0 saturated carbocycles. The van der Waals surface area contributed by atoms with Crippen LogP contribution in [0.15, 0.2) is 65.7 Å². The molecule has 2 aliphatic rings. The number of ether oxygens (including phenoxy) is 1. The van der Waals surface area contributed by atoms with Crippen LogP contribution < -0.4 is 5.56 Å². The molecule has 1 atom stereocenters. The Bertz CT molecular complexity index is 1120. The highest BCUT2D eigenvalue weighted by molar-refractivity contribution is 5.82. The first-order valence-corrected chi connectivity index (χ1v) is 10.1. The van der Waals surface area contributed by atoms with Gasteiger partial charge in [0.1, 0.15) is 6.10 Å². The lowest BCUT2D eigenvalue weighted by atomic mass is 9.95. The van der Waals surface area contributed by atoms with Crippen LogP contribution in [0, 0.1) is 5.92 Å². The summed E-state index contributed by atoms with van der Waals surface area (Å²) in [5, 5.41) is 4.50. The zero-order valence-electron chi connectivity index (χ0n) is 16.5. The monoisotopic (exact) mass is 402 g/mol. The van der Waals surface area contributed by atoms with E-state index in [9.17, 15) is 9.59 Å². The fourth-order valence-corrected chi connectivity index (χ4v) is 4.07.